The van der Waals surface area contributed by atoms with Crippen LogP contribution in [-0.4, -0.2) is 19.3 Å². The van der Waals surface area contributed by atoms with Crippen LogP contribution in [0.25, 0.3) is 0 Å². The summed E-state index contributed by atoms with van der Waals surface area (Å²) in [5.41, 5.74) is 0. The van der Waals surface area contributed by atoms with Gasteiger partial charge in [0, 0.05) is 16.3 Å². The van der Waals surface area contributed by atoms with Crippen LogP contribution in [0.1, 0.15) is 41.5 Å². The van der Waals surface area contributed by atoms with Crippen molar-refractivity contribution in [1.29, 1.82) is 0 Å². The predicted octanol–water partition coefficient (Wildman–Crippen LogP) is 5.16. The molecule has 1 saturated heterocycles. The van der Waals surface area contributed by atoms with E-state index in [0.29, 0.717) is 6.54 Å². The Morgan fingerprint density at radius 1 is 1.21 bits per heavy atom. The fraction of sp³-hybridized carbons (Fsp3) is 0.412. The quantitative estimate of drug-likeness (QED) is 0.729. The molecule has 130 valence electrons. The lowest BCUT2D eigenvalue weighted by molar-refractivity contribution is 0.333. The molecule has 0 unspecified atom stereocenters. The molecule has 24 heavy (non-hydrogen) atoms. The molecule has 0 spiro atoms. The summed E-state index contributed by atoms with van der Waals surface area (Å²) < 4.78 is 41.3. The summed E-state index contributed by atoms with van der Waals surface area (Å²) in [7, 11) is -3.72. The molecule has 2 heterocycles. The first-order valence-electron chi connectivity index (χ1n) is 7.93. The zero-order valence-corrected chi connectivity index (χ0v) is 15.7. The van der Waals surface area contributed by atoms with Crippen molar-refractivity contribution in [3.63, 3.8) is 0 Å². The van der Waals surface area contributed by atoms with E-state index in [2.05, 4.69) is 0 Å². The molecule has 0 amide bonds. The number of rotatable bonds is 3. The lowest BCUT2D eigenvalue weighted by Gasteiger charge is -2.28. The van der Waals surface area contributed by atoms with Gasteiger partial charge in [0.2, 0.25) is 10.0 Å². The van der Waals surface area contributed by atoms with Gasteiger partial charge in [-0.25, -0.2) is 12.8 Å². The first kappa shape index (κ1) is 17.9. The van der Waals surface area contributed by atoms with Crippen molar-refractivity contribution < 1.29 is 12.8 Å². The number of hydrogen-bond acceptors (Lipinski definition) is 3. The van der Waals surface area contributed by atoms with Crippen LogP contribution in [0.4, 0.5) is 4.39 Å². The minimum Gasteiger partial charge on any atom is -0.207 e. The Labute approximate surface area is 151 Å². The summed E-state index contributed by atoms with van der Waals surface area (Å²) in [6, 6.07) is 7.46. The Morgan fingerprint density at radius 2 is 2.00 bits per heavy atom. The second-order valence-electron chi connectivity index (χ2n) is 6.01. The molecule has 0 bridgehead atoms. The van der Waals surface area contributed by atoms with Crippen molar-refractivity contribution in [3.8, 4) is 0 Å². The van der Waals surface area contributed by atoms with Gasteiger partial charge in [-0.1, -0.05) is 24.4 Å². The van der Waals surface area contributed by atoms with E-state index in [1.807, 2.05) is 19.1 Å². The van der Waals surface area contributed by atoms with Crippen molar-refractivity contribution in [2.75, 3.05) is 6.54 Å². The van der Waals surface area contributed by atoms with Crippen molar-refractivity contribution in [3.05, 3.63) is 50.9 Å². The molecule has 0 aliphatic carbocycles. The summed E-state index contributed by atoms with van der Waals surface area (Å²) in [5, 5.41) is -0.172. The standard InChI is InChI=1S/C17H19ClFNO2S2/c1-12-6-9-17(23-12)16-5-3-2-4-10-20(16)24(21,22)13-7-8-15(19)14(18)11-13/h6-9,11,16H,2-5,10H2,1H3/t16-/m0/s1. The largest absolute Gasteiger partial charge is 0.243 e. The minimum atomic E-state index is -3.72. The highest BCUT2D eigenvalue weighted by Crippen LogP contribution is 2.38. The summed E-state index contributed by atoms with van der Waals surface area (Å²) in [5.74, 6) is -0.614. The average Bonchev–Trinajstić information content (AvgIpc) is 2.82. The maximum Gasteiger partial charge on any atom is 0.243 e. The molecule has 3 rings (SSSR count). The average molecular weight is 388 g/mol. The molecule has 0 N–H and O–H groups in total. The molecule has 1 fully saturated rings. The summed E-state index contributed by atoms with van der Waals surface area (Å²) in [6.45, 7) is 2.49. The molecule has 2 aromatic rings. The number of sulfonamides is 1. The van der Waals surface area contributed by atoms with Crippen LogP contribution < -0.4 is 0 Å². The molecule has 1 aromatic heterocycles. The van der Waals surface area contributed by atoms with E-state index in [-0.39, 0.29) is 16.0 Å². The Kier molecular flexibility index (Phi) is 5.30. The number of thiophene rings is 1. The van der Waals surface area contributed by atoms with Gasteiger partial charge in [-0.3, -0.25) is 0 Å². The minimum absolute atomic E-state index is 0.0501. The molecular weight excluding hydrogens is 369 g/mol. The number of nitrogens with zero attached hydrogens (tertiary/aromatic N) is 1. The zero-order chi connectivity index (χ0) is 17.3. The number of hydrogen-bond donors (Lipinski definition) is 0. The van der Waals surface area contributed by atoms with Crippen molar-refractivity contribution >= 4 is 33.0 Å². The molecule has 1 aliphatic heterocycles. The molecule has 0 radical (unpaired) electrons. The Balaban J connectivity index is 2.02. The smallest absolute Gasteiger partial charge is 0.207 e. The zero-order valence-electron chi connectivity index (χ0n) is 13.3. The normalized spacial score (nSPS) is 20.0. The lowest BCUT2D eigenvalue weighted by atomic mass is 10.1. The molecule has 1 aliphatic rings. The Morgan fingerprint density at radius 3 is 2.67 bits per heavy atom. The summed E-state index contributed by atoms with van der Waals surface area (Å²) in [4.78, 5) is 2.27. The van der Waals surface area contributed by atoms with Gasteiger partial charge < -0.3 is 0 Å². The third kappa shape index (κ3) is 3.52. The number of halogens is 2. The molecule has 1 aromatic carbocycles. The first-order valence-corrected chi connectivity index (χ1v) is 10.6. The van der Waals surface area contributed by atoms with E-state index in [4.69, 9.17) is 11.6 Å². The van der Waals surface area contributed by atoms with Gasteiger partial charge in [0.15, 0.2) is 0 Å². The fourth-order valence-electron chi connectivity index (χ4n) is 3.06. The maximum atomic E-state index is 13.4. The van der Waals surface area contributed by atoms with Gasteiger partial charge in [0.05, 0.1) is 16.0 Å². The van der Waals surface area contributed by atoms with Crippen LogP contribution in [0, 0.1) is 12.7 Å². The van der Waals surface area contributed by atoms with Crippen LogP contribution >= 0.6 is 22.9 Å². The van der Waals surface area contributed by atoms with Crippen LogP contribution in [-0.2, 0) is 10.0 Å². The van der Waals surface area contributed by atoms with Gasteiger partial charge in [0.1, 0.15) is 5.82 Å². The number of aryl methyl sites for hydroxylation is 1. The van der Waals surface area contributed by atoms with Crippen LogP contribution in [0.15, 0.2) is 35.2 Å². The van der Waals surface area contributed by atoms with Crippen molar-refractivity contribution in [2.24, 2.45) is 0 Å². The van der Waals surface area contributed by atoms with Crippen LogP contribution in [0.2, 0.25) is 5.02 Å². The van der Waals surface area contributed by atoms with E-state index in [0.717, 1.165) is 41.5 Å². The second-order valence-corrected chi connectivity index (χ2v) is 9.62. The Hall–Kier alpha value is -0.950. The SMILES string of the molecule is Cc1ccc([C@@H]2CCCCCN2S(=O)(=O)c2ccc(F)c(Cl)c2)s1. The predicted molar refractivity (Wildman–Crippen MR) is 95.6 cm³/mol. The van der Waals surface area contributed by atoms with E-state index in [1.165, 1.54) is 12.1 Å². The lowest BCUT2D eigenvalue weighted by Crippen LogP contribution is -2.34. The van der Waals surface area contributed by atoms with Gasteiger partial charge in [-0.15, -0.1) is 11.3 Å². The molecular formula is C17H19ClFNO2S2. The van der Waals surface area contributed by atoms with Gasteiger partial charge >= 0.3 is 0 Å². The second kappa shape index (κ2) is 7.12. The third-order valence-electron chi connectivity index (χ3n) is 4.29. The molecule has 3 nitrogen and oxygen atoms in total. The molecule has 1 atom stereocenters. The summed E-state index contributed by atoms with van der Waals surface area (Å²) in [6.07, 6.45) is 3.64. The van der Waals surface area contributed by atoms with E-state index < -0.39 is 15.8 Å². The monoisotopic (exact) mass is 387 g/mol. The molecule has 7 heteroatoms. The molecule has 0 saturated carbocycles. The summed E-state index contributed by atoms with van der Waals surface area (Å²) >= 11 is 7.42. The van der Waals surface area contributed by atoms with Crippen molar-refractivity contribution in [2.45, 2.75) is 43.5 Å². The van der Waals surface area contributed by atoms with E-state index in [9.17, 15) is 12.8 Å². The van der Waals surface area contributed by atoms with Gasteiger partial charge in [-0.05, 0) is 50.1 Å². The highest BCUT2D eigenvalue weighted by atomic mass is 35.5. The van der Waals surface area contributed by atoms with Crippen LogP contribution in [0.5, 0.6) is 0 Å². The van der Waals surface area contributed by atoms with E-state index in [1.54, 1.807) is 15.6 Å². The van der Waals surface area contributed by atoms with Crippen molar-refractivity contribution in [1.82, 2.24) is 4.31 Å². The van der Waals surface area contributed by atoms with Crippen LogP contribution in [0.3, 0.4) is 0 Å². The van der Waals surface area contributed by atoms with Gasteiger partial charge in [-0.2, -0.15) is 4.31 Å². The third-order valence-corrected chi connectivity index (χ3v) is 7.59. The van der Waals surface area contributed by atoms with E-state index >= 15 is 0 Å². The fourth-order valence-corrected chi connectivity index (χ4v) is 6.10. The Bertz CT molecular complexity index is 835. The topological polar surface area (TPSA) is 37.4 Å². The highest BCUT2D eigenvalue weighted by Gasteiger charge is 2.34. The maximum absolute atomic E-state index is 13.4. The van der Waals surface area contributed by atoms with Gasteiger partial charge in [0.25, 0.3) is 0 Å². The number of benzene rings is 1. The highest BCUT2D eigenvalue weighted by molar-refractivity contribution is 7.89. The first-order chi connectivity index (χ1) is 11.4.